The van der Waals surface area contributed by atoms with Crippen molar-refractivity contribution >= 4 is 17.3 Å². The van der Waals surface area contributed by atoms with Crippen molar-refractivity contribution in [2.24, 2.45) is 5.16 Å². The number of carbonyl (C=O) groups excluding carboxylic acids is 1. The van der Waals surface area contributed by atoms with Gasteiger partial charge < -0.3 is 14.7 Å². The summed E-state index contributed by atoms with van der Waals surface area (Å²) < 4.78 is 5.27. The minimum absolute atomic E-state index is 0.103. The van der Waals surface area contributed by atoms with Crippen LogP contribution in [-0.2, 0) is 16.2 Å². The van der Waals surface area contributed by atoms with Crippen molar-refractivity contribution in [2.45, 2.75) is 20.5 Å². The van der Waals surface area contributed by atoms with Gasteiger partial charge in [0, 0.05) is 24.2 Å². The first kappa shape index (κ1) is 17.4. The average Bonchev–Trinajstić information content (AvgIpc) is 3.11. The Labute approximate surface area is 151 Å². The molecule has 3 aromatic rings. The molecule has 0 bridgehead atoms. The molecule has 132 valence electrons. The topological polar surface area (TPSA) is 76.7 Å². The van der Waals surface area contributed by atoms with Crippen molar-refractivity contribution in [3.63, 3.8) is 0 Å². The standard InChI is InChI=1S/C20H19N3O3/c1-14(16-8-10-18(11-9-16)21-15(2)24)22-25-13-19-12-20(23-26-19)17-6-4-3-5-7-17/h3-12H,13H2,1-2H3,(H,21,24). The predicted octanol–water partition coefficient (Wildman–Crippen LogP) is 4.24. The molecule has 0 saturated carbocycles. The van der Waals surface area contributed by atoms with E-state index in [0.29, 0.717) is 5.76 Å². The molecule has 1 aromatic heterocycles. The molecule has 0 unspecified atom stereocenters. The van der Waals surface area contributed by atoms with Crippen LogP contribution in [0.3, 0.4) is 0 Å². The van der Waals surface area contributed by atoms with Crippen LogP contribution < -0.4 is 5.32 Å². The van der Waals surface area contributed by atoms with E-state index in [4.69, 9.17) is 9.36 Å². The maximum Gasteiger partial charge on any atom is 0.221 e. The molecule has 1 heterocycles. The van der Waals surface area contributed by atoms with Crippen molar-refractivity contribution in [1.29, 1.82) is 0 Å². The van der Waals surface area contributed by atoms with Crippen LogP contribution in [0, 0.1) is 0 Å². The van der Waals surface area contributed by atoms with Gasteiger partial charge in [0.2, 0.25) is 5.91 Å². The number of carbonyl (C=O) groups is 1. The Morgan fingerprint density at radius 3 is 2.54 bits per heavy atom. The van der Waals surface area contributed by atoms with Gasteiger partial charge in [0.25, 0.3) is 0 Å². The molecule has 0 fully saturated rings. The van der Waals surface area contributed by atoms with E-state index in [-0.39, 0.29) is 12.5 Å². The second-order valence-corrected chi connectivity index (χ2v) is 5.75. The van der Waals surface area contributed by atoms with Crippen molar-refractivity contribution in [2.75, 3.05) is 5.32 Å². The smallest absolute Gasteiger partial charge is 0.221 e. The minimum atomic E-state index is -0.103. The lowest BCUT2D eigenvalue weighted by Gasteiger charge is -2.04. The first-order valence-corrected chi connectivity index (χ1v) is 8.17. The number of amides is 1. The zero-order valence-corrected chi connectivity index (χ0v) is 14.6. The van der Waals surface area contributed by atoms with Crippen molar-refractivity contribution in [3.8, 4) is 11.3 Å². The number of benzene rings is 2. The third-order valence-corrected chi connectivity index (χ3v) is 3.66. The molecule has 26 heavy (non-hydrogen) atoms. The van der Waals surface area contributed by atoms with E-state index in [2.05, 4.69) is 15.6 Å². The molecule has 0 aliphatic heterocycles. The zero-order chi connectivity index (χ0) is 18.4. The first-order chi connectivity index (χ1) is 12.6. The largest absolute Gasteiger partial charge is 0.387 e. The van der Waals surface area contributed by atoms with E-state index in [1.165, 1.54) is 6.92 Å². The third-order valence-electron chi connectivity index (χ3n) is 3.66. The van der Waals surface area contributed by atoms with Crippen LogP contribution in [0.1, 0.15) is 25.2 Å². The summed E-state index contributed by atoms with van der Waals surface area (Å²) in [4.78, 5) is 16.4. The molecular weight excluding hydrogens is 330 g/mol. The van der Waals surface area contributed by atoms with Gasteiger partial charge in [0.15, 0.2) is 12.4 Å². The van der Waals surface area contributed by atoms with Crippen molar-refractivity contribution in [3.05, 3.63) is 72.0 Å². The number of hydrogen-bond donors (Lipinski definition) is 1. The van der Waals surface area contributed by atoms with E-state index in [1.54, 1.807) is 0 Å². The van der Waals surface area contributed by atoms with Gasteiger partial charge >= 0.3 is 0 Å². The van der Waals surface area contributed by atoms with Gasteiger partial charge in [-0.2, -0.15) is 0 Å². The van der Waals surface area contributed by atoms with Crippen molar-refractivity contribution < 1.29 is 14.2 Å². The minimum Gasteiger partial charge on any atom is -0.387 e. The normalized spacial score (nSPS) is 11.2. The molecular formula is C20H19N3O3. The van der Waals surface area contributed by atoms with Crippen LogP contribution in [-0.4, -0.2) is 16.8 Å². The fraction of sp³-hybridized carbons (Fsp3) is 0.150. The second-order valence-electron chi connectivity index (χ2n) is 5.75. The number of aromatic nitrogens is 1. The average molecular weight is 349 g/mol. The van der Waals surface area contributed by atoms with Gasteiger partial charge in [0.05, 0.1) is 5.71 Å². The van der Waals surface area contributed by atoms with Gasteiger partial charge in [-0.3, -0.25) is 4.79 Å². The number of rotatable bonds is 6. The van der Waals surface area contributed by atoms with Crippen LogP contribution in [0.4, 0.5) is 5.69 Å². The van der Waals surface area contributed by atoms with Crippen LogP contribution in [0.2, 0.25) is 0 Å². The van der Waals surface area contributed by atoms with E-state index >= 15 is 0 Å². The number of oxime groups is 1. The number of anilines is 1. The Hall–Kier alpha value is -3.41. The summed E-state index contributed by atoms with van der Waals surface area (Å²) >= 11 is 0. The Morgan fingerprint density at radius 2 is 1.85 bits per heavy atom. The molecule has 0 spiro atoms. The Bertz CT molecular complexity index is 900. The lowest BCUT2D eigenvalue weighted by atomic mass is 10.1. The third kappa shape index (κ3) is 4.57. The Balaban J connectivity index is 1.58. The van der Waals surface area contributed by atoms with E-state index in [9.17, 15) is 4.79 Å². The summed E-state index contributed by atoms with van der Waals surface area (Å²) in [5.74, 6) is 0.495. The van der Waals surface area contributed by atoms with Crippen LogP contribution in [0.5, 0.6) is 0 Å². The van der Waals surface area contributed by atoms with Crippen LogP contribution in [0.15, 0.2) is 70.3 Å². The highest BCUT2D eigenvalue weighted by Gasteiger charge is 2.07. The quantitative estimate of drug-likeness (QED) is 0.533. The van der Waals surface area contributed by atoms with Gasteiger partial charge in [-0.15, -0.1) is 0 Å². The molecule has 0 radical (unpaired) electrons. The molecule has 0 aliphatic rings. The number of nitrogens with zero attached hydrogens (tertiary/aromatic N) is 2. The lowest BCUT2D eigenvalue weighted by Crippen LogP contribution is -2.06. The van der Waals surface area contributed by atoms with Crippen molar-refractivity contribution in [1.82, 2.24) is 5.16 Å². The molecule has 6 nitrogen and oxygen atoms in total. The molecule has 3 rings (SSSR count). The van der Waals surface area contributed by atoms with E-state index in [0.717, 1.165) is 28.2 Å². The summed E-state index contributed by atoms with van der Waals surface area (Å²) in [6, 6.07) is 19.0. The summed E-state index contributed by atoms with van der Waals surface area (Å²) in [5.41, 5.74) is 4.12. The number of nitrogens with one attached hydrogen (secondary N) is 1. The highest BCUT2D eigenvalue weighted by atomic mass is 16.6. The summed E-state index contributed by atoms with van der Waals surface area (Å²) in [6.45, 7) is 3.52. The SMILES string of the molecule is CC(=O)Nc1ccc(C(C)=NOCc2cc(-c3ccccc3)no2)cc1. The monoisotopic (exact) mass is 349 g/mol. The molecule has 0 atom stereocenters. The highest BCUT2D eigenvalue weighted by Crippen LogP contribution is 2.19. The fourth-order valence-electron chi connectivity index (χ4n) is 2.37. The van der Waals surface area contributed by atoms with E-state index in [1.807, 2.05) is 67.6 Å². The second kappa shape index (κ2) is 8.11. The van der Waals surface area contributed by atoms with Gasteiger partial charge in [-0.25, -0.2) is 0 Å². The Morgan fingerprint density at radius 1 is 1.12 bits per heavy atom. The summed E-state index contributed by atoms with van der Waals surface area (Å²) in [7, 11) is 0. The predicted molar refractivity (Wildman–Crippen MR) is 99.7 cm³/mol. The fourth-order valence-corrected chi connectivity index (χ4v) is 2.37. The van der Waals surface area contributed by atoms with Gasteiger partial charge in [0.1, 0.15) is 5.69 Å². The molecule has 1 amide bonds. The molecule has 6 heteroatoms. The highest BCUT2D eigenvalue weighted by molar-refractivity contribution is 5.99. The molecule has 0 saturated heterocycles. The zero-order valence-electron chi connectivity index (χ0n) is 14.6. The summed E-state index contributed by atoms with van der Waals surface area (Å²) in [5, 5.41) is 10.9. The maximum absolute atomic E-state index is 11.0. The Kier molecular flexibility index (Phi) is 5.43. The molecule has 2 aromatic carbocycles. The first-order valence-electron chi connectivity index (χ1n) is 8.17. The lowest BCUT2D eigenvalue weighted by molar-refractivity contribution is -0.114. The molecule has 1 N–H and O–H groups in total. The molecule has 0 aliphatic carbocycles. The van der Waals surface area contributed by atoms with E-state index < -0.39 is 0 Å². The van der Waals surface area contributed by atoms with Gasteiger partial charge in [-0.05, 0) is 24.6 Å². The maximum atomic E-state index is 11.0. The van der Waals surface area contributed by atoms with Gasteiger partial charge in [-0.1, -0.05) is 52.8 Å². The number of hydrogen-bond acceptors (Lipinski definition) is 5. The van der Waals surface area contributed by atoms with Crippen LogP contribution >= 0.6 is 0 Å². The summed E-state index contributed by atoms with van der Waals surface area (Å²) in [6.07, 6.45) is 0. The van der Waals surface area contributed by atoms with Crippen LogP contribution in [0.25, 0.3) is 11.3 Å².